The standard InChI is InChI=1S/C24H23N3/c1-16-13-17(2)15-21(14-16)24-26-25-23(20-11-6-5-7-12-20)27(24)22-18(3)9-8-10-19(22)4/h5-15H,1-4H3. The molecule has 0 N–H and O–H groups in total. The highest BCUT2D eigenvalue weighted by molar-refractivity contribution is 5.69. The Morgan fingerprint density at radius 3 is 1.74 bits per heavy atom. The first-order valence-corrected chi connectivity index (χ1v) is 9.20. The van der Waals surface area contributed by atoms with E-state index in [1.165, 1.54) is 22.3 Å². The van der Waals surface area contributed by atoms with Gasteiger partial charge in [-0.1, -0.05) is 65.7 Å². The van der Waals surface area contributed by atoms with Gasteiger partial charge in [0.1, 0.15) is 0 Å². The lowest BCUT2D eigenvalue weighted by Gasteiger charge is -2.16. The molecule has 27 heavy (non-hydrogen) atoms. The molecule has 1 heterocycles. The molecule has 134 valence electrons. The molecule has 4 aromatic rings. The van der Waals surface area contributed by atoms with Crippen LogP contribution in [-0.2, 0) is 0 Å². The molecule has 4 rings (SSSR count). The van der Waals surface area contributed by atoms with Gasteiger partial charge in [0.2, 0.25) is 0 Å². The van der Waals surface area contributed by atoms with Gasteiger partial charge in [-0.3, -0.25) is 4.57 Å². The Balaban J connectivity index is 2.05. The maximum atomic E-state index is 4.62. The fraction of sp³-hybridized carbons (Fsp3) is 0.167. The molecule has 0 aliphatic heterocycles. The van der Waals surface area contributed by atoms with Crippen molar-refractivity contribution in [3.8, 4) is 28.5 Å². The summed E-state index contributed by atoms with van der Waals surface area (Å²) in [5.41, 5.74) is 8.16. The molecule has 0 spiro atoms. The Morgan fingerprint density at radius 2 is 1.15 bits per heavy atom. The minimum atomic E-state index is 0.863. The summed E-state index contributed by atoms with van der Waals surface area (Å²) in [6.45, 7) is 8.52. The highest BCUT2D eigenvalue weighted by Gasteiger charge is 2.20. The second-order valence-electron chi connectivity index (χ2n) is 7.17. The first kappa shape index (κ1) is 17.2. The molecule has 0 atom stereocenters. The number of aryl methyl sites for hydroxylation is 4. The Hall–Kier alpha value is -3.20. The lowest BCUT2D eigenvalue weighted by atomic mass is 10.0. The van der Waals surface area contributed by atoms with Crippen LogP contribution in [0.3, 0.4) is 0 Å². The van der Waals surface area contributed by atoms with E-state index < -0.39 is 0 Å². The van der Waals surface area contributed by atoms with E-state index in [1.807, 2.05) is 18.2 Å². The first-order chi connectivity index (χ1) is 13.0. The van der Waals surface area contributed by atoms with Crippen molar-refractivity contribution in [2.24, 2.45) is 0 Å². The number of hydrogen-bond acceptors (Lipinski definition) is 2. The van der Waals surface area contributed by atoms with E-state index in [1.54, 1.807) is 0 Å². The monoisotopic (exact) mass is 353 g/mol. The van der Waals surface area contributed by atoms with Crippen LogP contribution in [0.4, 0.5) is 0 Å². The number of benzene rings is 3. The fourth-order valence-corrected chi connectivity index (χ4v) is 3.72. The van der Waals surface area contributed by atoms with Gasteiger partial charge in [-0.25, -0.2) is 0 Å². The van der Waals surface area contributed by atoms with Crippen LogP contribution in [0.15, 0.2) is 66.7 Å². The highest BCUT2D eigenvalue weighted by Crippen LogP contribution is 2.32. The maximum absolute atomic E-state index is 4.62. The van der Waals surface area contributed by atoms with Gasteiger partial charge in [0.15, 0.2) is 11.6 Å². The SMILES string of the molecule is Cc1cc(C)cc(-c2nnc(-c3ccccc3)n2-c2c(C)cccc2C)c1. The Morgan fingerprint density at radius 1 is 0.593 bits per heavy atom. The summed E-state index contributed by atoms with van der Waals surface area (Å²) >= 11 is 0. The molecular weight excluding hydrogens is 330 g/mol. The summed E-state index contributed by atoms with van der Waals surface area (Å²) in [6, 6.07) is 23.2. The minimum absolute atomic E-state index is 0.863. The Bertz CT molecular complexity index is 1070. The lowest BCUT2D eigenvalue weighted by molar-refractivity contribution is 1.04. The predicted molar refractivity (Wildman–Crippen MR) is 111 cm³/mol. The van der Waals surface area contributed by atoms with E-state index in [-0.39, 0.29) is 0 Å². The molecule has 1 aromatic heterocycles. The van der Waals surface area contributed by atoms with E-state index in [9.17, 15) is 0 Å². The summed E-state index contributed by atoms with van der Waals surface area (Å²) in [5, 5.41) is 9.21. The lowest BCUT2D eigenvalue weighted by Crippen LogP contribution is -2.05. The van der Waals surface area contributed by atoms with Gasteiger partial charge in [0.25, 0.3) is 0 Å². The summed E-state index contributed by atoms with van der Waals surface area (Å²) in [4.78, 5) is 0. The normalized spacial score (nSPS) is 11.0. The van der Waals surface area contributed by atoms with Crippen molar-refractivity contribution in [2.75, 3.05) is 0 Å². The van der Waals surface area contributed by atoms with Crippen molar-refractivity contribution in [2.45, 2.75) is 27.7 Å². The van der Waals surface area contributed by atoms with Crippen LogP contribution in [0.1, 0.15) is 22.3 Å². The third-order valence-electron chi connectivity index (χ3n) is 4.84. The van der Waals surface area contributed by atoms with Crippen LogP contribution in [0.2, 0.25) is 0 Å². The van der Waals surface area contributed by atoms with Crippen molar-refractivity contribution in [1.29, 1.82) is 0 Å². The van der Waals surface area contributed by atoms with Crippen LogP contribution in [0.5, 0.6) is 0 Å². The Kier molecular flexibility index (Phi) is 4.36. The quantitative estimate of drug-likeness (QED) is 0.463. The third kappa shape index (κ3) is 3.17. The second-order valence-corrected chi connectivity index (χ2v) is 7.17. The molecule has 3 heteroatoms. The van der Waals surface area contributed by atoms with Crippen LogP contribution < -0.4 is 0 Å². The van der Waals surface area contributed by atoms with E-state index in [0.29, 0.717) is 0 Å². The van der Waals surface area contributed by atoms with E-state index >= 15 is 0 Å². The topological polar surface area (TPSA) is 30.7 Å². The van der Waals surface area contributed by atoms with Crippen molar-refractivity contribution in [3.05, 3.63) is 89.0 Å². The molecule has 0 saturated carbocycles. The molecule has 0 bridgehead atoms. The molecule has 3 nitrogen and oxygen atoms in total. The van der Waals surface area contributed by atoms with Gasteiger partial charge in [-0.2, -0.15) is 0 Å². The van der Waals surface area contributed by atoms with Gasteiger partial charge in [-0.15, -0.1) is 10.2 Å². The molecule has 0 unspecified atom stereocenters. The van der Waals surface area contributed by atoms with E-state index in [4.69, 9.17) is 0 Å². The van der Waals surface area contributed by atoms with Crippen molar-refractivity contribution >= 4 is 0 Å². The molecule has 3 aromatic carbocycles. The summed E-state index contributed by atoms with van der Waals surface area (Å²) in [5.74, 6) is 1.74. The third-order valence-corrected chi connectivity index (χ3v) is 4.84. The molecule has 0 fully saturated rings. The van der Waals surface area contributed by atoms with Crippen LogP contribution >= 0.6 is 0 Å². The van der Waals surface area contributed by atoms with Crippen LogP contribution in [0.25, 0.3) is 28.5 Å². The summed E-state index contributed by atoms with van der Waals surface area (Å²) in [7, 11) is 0. The van der Waals surface area contributed by atoms with Gasteiger partial charge in [0.05, 0.1) is 5.69 Å². The number of nitrogens with zero attached hydrogens (tertiary/aromatic N) is 3. The first-order valence-electron chi connectivity index (χ1n) is 9.20. The largest absolute Gasteiger partial charge is 0.274 e. The fourth-order valence-electron chi connectivity index (χ4n) is 3.72. The van der Waals surface area contributed by atoms with Crippen LogP contribution in [0, 0.1) is 27.7 Å². The predicted octanol–water partition coefficient (Wildman–Crippen LogP) is 5.83. The van der Waals surface area contributed by atoms with Crippen LogP contribution in [-0.4, -0.2) is 14.8 Å². The molecule has 0 radical (unpaired) electrons. The number of aromatic nitrogens is 3. The van der Waals surface area contributed by atoms with E-state index in [0.717, 1.165) is 28.5 Å². The number of rotatable bonds is 3. The molecule has 0 aliphatic rings. The maximum Gasteiger partial charge on any atom is 0.168 e. The van der Waals surface area contributed by atoms with Gasteiger partial charge >= 0.3 is 0 Å². The molecule has 0 saturated heterocycles. The average molecular weight is 353 g/mol. The van der Waals surface area contributed by atoms with Gasteiger partial charge in [-0.05, 0) is 51.0 Å². The van der Waals surface area contributed by atoms with Crippen molar-refractivity contribution in [1.82, 2.24) is 14.8 Å². The second kappa shape index (κ2) is 6.84. The average Bonchev–Trinajstić information content (AvgIpc) is 3.06. The zero-order chi connectivity index (χ0) is 19.0. The molecular formula is C24H23N3. The smallest absolute Gasteiger partial charge is 0.168 e. The zero-order valence-corrected chi connectivity index (χ0v) is 16.2. The molecule has 0 aliphatic carbocycles. The highest BCUT2D eigenvalue weighted by atomic mass is 15.3. The van der Waals surface area contributed by atoms with Gasteiger partial charge < -0.3 is 0 Å². The minimum Gasteiger partial charge on any atom is -0.274 e. The number of hydrogen-bond donors (Lipinski definition) is 0. The van der Waals surface area contributed by atoms with E-state index in [2.05, 4.69) is 91.0 Å². The van der Waals surface area contributed by atoms with Crippen molar-refractivity contribution < 1.29 is 0 Å². The molecule has 0 amide bonds. The van der Waals surface area contributed by atoms with Gasteiger partial charge in [0, 0.05) is 11.1 Å². The number of para-hydroxylation sites is 1. The zero-order valence-electron chi connectivity index (χ0n) is 16.2. The summed E-state index contributed by atoms with van der Waals surface area (Å²) in [6.07, 6.45) is 0. The van der Waals surface area contributed by atoms with Crippen molar-refractivity contribution in [3.63, 3.8) is 0 Å². The Labute approximate surface area is 160 Å². The summed E-state index contributed by atoms with van der Waals surface area (Å²) < 4.78 is 2.20.